The molecule has 0 saturated carbocycles. The lowest BCUT2D eigenvalue weighted by Gasteiger charge is -2.32. The first-order valence-corrected chi connectivity index (χ1v) is 10.0. The van der Waals surface area contributed by atoms with Crippen molar-refractivity contribution < 1.29 is 0 Å². The number of fused-ring (bicyclic) bond motifs is 1. The van der Waals surface area contributed by atoms with Gasteiger partial charge in [-0.3, -0.25) is 4.90 Å². The van der Waals surface area contributed by atoms with E-state index in [0.717, 1.165) is 45.1 Å². The van der Waals surface area contributed by atoms with Crippen molar-refractivity contribution in [3.8, 4) is 0 Å². The summed E-state index contributed by atoms with van der Waals surface area (Å²) in [6.07, 6.45) is 4.50. The molecule has 0 atom stereocenters. The van der Waals surface area contributed by atoms with Crippen molar-refractivity contribution in [1.29, 1.82) is 0 Å². The fraction of sp³-hybridized carbons (Fsp3) is 0.556. The van der Waals surface area contributed by atoms with E-state index in [4.69, 9.17) is 0 Å². The van der Waals surface area contributed by atoms with Crippen molar-refractivity contribution in [3.05, 3.63) is 41.5 Å². The van der Waals surface area contributed by atoms with Crippen molar-refractivity contribution in [2.75, 3.05) is 25.9 Å². The Balaban J connectivity index is 1.35. The lowest BCUT2D eigenvalue weighted by molar-refractivity contribution is 0.199. The van der Waals surface area contributed by atoms with Crippen molar-refractivity contribution in [1.82, 2.24) is 25.0 Å². The van der Waals surface area contributed by atoms with Crippen LogP contribution >= 0.6 is 11.8 Å². The van der Waals surface area contributed by atoms with Crippen LogP contribution in [-0.4, -0.2) is 45.6 Å². The SMILES string of the molecule is CSc1ccc(CN2CCC(c3nnc4n3CCNC4)CC2)cc1. The minimum atomic E-state index is 0.569. The van der Waals surface area contributed by atoms with Gasteiger partial charge in [-0.1, -0.05) is 12.1 Å². The molecule has 1 N–H and O–H groups in total. The van der Waals surface area contributed by atoms with E-state index in [1.54, 1.807) is 11.8 Å². The molecule has 5 nitrogen and oxygen atoms in total. The molecule has 0 spiro atoms. The van der Waals surface area contributed by atoms with E-state index < -0.39 is 0 Å². The predicted molar refractivity (Wildman–Crippen MR) is 97.2 cm³/mol. The molecule has 0 radical (unpaired) electrons. The second-order valence-corrected chi connectivity index (χ2v) is 7.58. The third-order valence-corrected chi connectivity index (χ3v) is 5.91. The molecule has 2 aromatic rings. The van der Waals surface area contributed by atoms with E-state index in [1.165, 1.54) is 29.1 Å². The van der Waals surface area contributed by atoms with Gasteiger partial charge in [-0.2, -0.15) is 0 Å². The van der Waals surface area contributed by atoms with E-state index in [1.807, 2.05) is 0 Å². The summed E-state index contributed by atoms with van der Waals surface area (Å²) in [5.74, 6) is 2.89. The highest BCUT2D eigenvalue weighted by Gasteiger charge is 2.26. The lowest BCUT2D eigenvalue weighted by Crippen LogP contribution is -2.34. The zero-order valence-corrected chi connectivity index (χ0v) is 15.1. The quantitative estimate of drug-likeness (QED) is 0.864. The Bertz CT molecular complexity index is 673. The third-order valence-electron chi connectivity index (χ3n) is 5.17. The number of hydrogen-bond acceptors (Lipinski definition) is 5. The minimum Gasteiger partial charge on any atom is -0.312 e. The molecular formula is C18H25N5S. The maximum Gasteiger partial charge on any atom is 0.147 e. The minimum absolute atomic E-state index is 0.569. The number of aromatic nitrogens is 3. The zero-order valence-electron chi connectivity index (χ0n) is 14.2. The van der Waals surface area contributed by atoms with Gasteiger partial charge in [0.1, 0.15) is 11.6 Å². The van der Waals surface area contributed by atoms with E-state index in [2.05, 4.69) is 55.5 Å². The zero-order chi connectivity index (χ0) is 16.4. The number of benzene rings is 1. The monoisotopic (exact) mass is 343 g/mol. The molecule has 0 amide bonds. The highest BCUT2D eigenvalue weighted by molar-refractivity contribution is 7.98. The van der Waals surface area contributed by atoms with Gasteiger partial charge >= 0.3 is 0 Å². The molecule has 0 bridgehead atoms. The molecule has 0 unspecified atom stereocenters. The van der Waals surface area contributed by atoms with Crippen molar-refractivity contribution in [2.45, 2.75) is 43.3 Å². The standard InChI is InChI=1S/C18H25N5S/c1-24-16-4-2-14(3-5-16)13-22-9-6-15(7-10-22)18-21-20-17-12-19-8-11-23(17)18/h2-5,15,19H,6-13H2,1H3. The van der Waals surface area contributed by atoms with E-state index in [9.17, 15) is 0 Å². The fourth-order valence-corrected chi connectivity index (χ4v) is 4.16. The van der Waals surface area contributed by atoms with Gasteiger partial charge < -0.3 is 9.88 Å². The molecule has 2 aliphatic heterocycles. The highest BCUT2D eigenvalue weighted by Crippen LogP contribution is 2.28. The summed E-state index contributed by atoms with van der Waals surface area (Å²) in [4.78, 5) is 3.91. The van der Waals surface area contributed by atoms with E-state index in [0.29, 0.717) is 5.92 Å². The summed E-state index contributed by atoms with van der Waals surface area (Å²) in [5, 5.41) is 12.2. The maximum absolute atomic E-state index is 4.50. The Morgan fingerprint density at radius 3 is 2.67 bits per heavy atom. The average Bonchev–Trinajstić information content (AvgIpc) is 3.07. The Kier molecular flexibility index (Phi) is 4.87. The topological polar surface area (TPSA) is 46.0 Å². The molecule has 1 saturated heterocycles. The van der Waals surface area contributed by atoms with Gasteiger partial charge in [0.25, 0.3) is 0 Å². The Labute approximate surface area is 147 Å². The molecule has 128 valence electrons. The summed E-state index contributed by atoms with van der Waals surface area (Å²) in [5.41, 5.74) is 1.41. The average molecular weight is 344 g/mol. The van der Waals surface area contributed by atoms with Crippen LogP contribution in [0.15, 0.2) is 29.2 Å². The van der Waals surface area contributed by atoms with Crippen LogP contribution < -0.4 is 5.32 Å². The molecule has 1 aromatic carbocycles. The van der Waals surface area contributed by atoms with Crippen molar-refractivity contribution in [3.63, 3.8) is 0 Å². The molecule has 24 heavy (non-hydrogen) atoms. The molecule has 3 heterocycles. The number of piperidine rings is 1. The number of nitrogens with one attached hydrogen (secondary N) is 1. The molecule has 6 heteroatoms. The van der Waals surface area contributed by atoms with Crippen LogP contribution in [0.3, 0.4) is 0 Å². The number of rotatable bonds is 4. The predicted octanol–water partition coefficient (Wildman–Crippen LogP) is 2.48. The van der Waals surface area contributed by atoms with Gasteiger partial charge in [0.15, 0.2) is 0 Å². The van der Waals surface area contributed by atoms with Crippen molar-refractivity contribution in [2.24, 2.45) is 0 Å². The van der Waals surface area contributed by atoms with Crippen LogP contribution in [0, 0.1) is 0 Å². The molecule has 0 aliphatic carbocycles. The van der Waals surface area contributed by atoms with Gasteiger partial charge in [0.05, 0.1) is 6.54 Å². The van der Waals surface area contributed by atoms with Crippen LogP contribution in [0.25, 0.3) is 0 Å². The van der Waals surface area contributed by atoms with Gasteiger partial charge in [-0.05, 0) is 49.9 Å². The summed E-state index contributed by atoms with van der Waals surface area (Å²) >= 11 is 1.80. The summed E-state index contributed by atoms with van der Waals surface area (Å²) in [7, 11) is 0. The number of likely N-dealkylation sites (tertiary alicyclic amines) is 1. The smallest absolute Gasteiger partial charge is 0.147 e. The summed E-state index contributed by atoms with van der Waals surface area (Å²) < 4.78 is 2.35. The van der Waals surface area contributed by atoms with E-state index in [-0.39, 0.29) is 0 Å². The molecule has 1 aromatic heterocycles. The molecule has 1 fully saturated rings. The first kappa shape index (κ1) is 16.1. The lowest BCUT2D eigenvalue weighted by atomic mass is 9.95. The number of nitrogens with zero attached hydrogens (tertiary/aromatic N) is 4. The fourth-order valence-electron chi connectivity index (χ4n) is 3.76. The second-order valence-electron chi connectivity index (χ2n) is 6.70. The highest BCUT2D eigenvalue weighted by atomic mass is 32.2. The molecular weight excluding hydrogens is 318 g/mol. The van der Waals surface area contributed by atoms with Gasteiger partial charge in [0, 0.05) is 30.4 Å². The van der Waals surface area contributed by atoms with E-state index >= 15 is 0 Å². The number of hydrogen-bond donors (Lipinski definition) is 1. The van der Waals surface area contributed by atoms with Crippen LogP contribution in [0.1, 0.15) is 36.0 Å². The molecule has 2 aliphatic rings. The second kappa shape index (κ2) is 7.25. The normalized spacial score (nSPS) is 19.4. The van der Waals surface area contributed by atoms with Crippen LogP contribution in [0.5, 0.6) is 0 Å². The first-order chi connectivity index (χ1) is 11.8. The molecule has 4 rings (SSSR count). The Morgan fingerprint density at radius 1 is 1.12 bits per heavy atom. The largest absolute Gasteiger partial charge is 0.312 e. The van der Waals surface area contributed by atoms with Crippen LogP contribution in [0.4, 0.5) is 0 Å². The van der Waals surface area contributed by atoms with Gasteiger partial charge in [0.2, 0.25) is 0 Å². The van der Waals surface area contributed by atoms with Gasteiger partial charge in [-0.25, -0.2) is 0 Å². The summed E-state index contributed by atoms with van der Waals surface area (Å²) in [6, 6.07) is 8.98. The Hall–Kier alpha value is -1.37. The van der Waals surface area contributed by atoms with Crippen molar-refractivity contribution >= 4 is 11.8 Å². The maximum atomic E-state index is 4.50. The first-order valence-electron chi connectivity index (χ1n) is 8.81. The summed E-state index contributed by atoms with van der Waals surface area (Å²) in [6.45, 7) is 6.26. The Morgan fingerprint density at radius 2 is 1.92 bits per heavy atom. The van der Waals surface area contributed by atoms with Gasteiger partial charge in [-0.15, -0.1) is 22.0 Å². The van der Waals surface area contributed by atoms with Crippen LogP contribution in [-0.2, 0) is 19.6 Å². The van der Waals surface area contributed by atoms with Crippen LogP contribution in [0.2, 0.25) is 0 Å². The third kappa shape index (κ3) is 3.36. The number of thioether (sulfide) groups is 1.